The second kappa shape index (κ2) is 7.60. The maximum Gasteiger partial charge on any atom is 0.231 e. The normalized spacial score (nSPS) is 26.2. The van der Waals surface area contributed by atoms with E-state index in [1.165, 1.54) is 17.0 Å². The van der Waals surface area contributed by atoms with Gasteiger partial charge in [-0.1, -0.05) is 19.1 Å². The van der Waals surface area contributed by atoms with Gasteiger partial charge in [0.25, 0.3) is 0 Å². The topological polar surface area (TPSA) is 109 Å². The molecule has 1 amide bonds. The molecular formula is C22H25FN4O3. The summed E-state index contributed by atoms with van der Waals surface area (Å²) in [6, 6.07) is 10.2. The third kappa shape index (κ3) is 3.70. The Labute approximate surface area is 174 Å². The summed E-state index contributed by atoms with van der Waals surface area (Å²) >= 11 is 0. The Bertz CT molecular complexity index is 955. The fraction of sp³-hybridized carbons (Fsp3) is 0.364. The van der Waals surface area contributed by atoms with E-state index < -0.39 is 11.6 Å². The van der Waals surface area contributed by atoms with Crippen molar-refractivity contribution in [3.8, 4) is 5.75 Å². The molecule has 1 saturated heterocycles. The summed E-state index contributed by atoms with van der Waals surface area (Å²) in [5, 5.41) is 35.4. The minimum atomic E-state index is -0.749. The zero-order valence-electron chi connectivity index (χ0n) is 16.7. The largest absolute Gasteiger partial charge is 0.505 e. The van der Waals surface area contributed by atoms with Crippen molar-refractivity contribution in [3.05, 3.63) is 53.8 Å². The van der Waals surface area contributed by atoms with Crippen molar-refractivity contribution in [1.29, 1.82) is 5.41 Å². The number of hydrogen-bond acceptors (Lipinski definition) is 5. The predicted octanol–water partition coefficient (Wildman–Crippen LogP) is 3.38. The molecule has 1 saturated carbocycles. The first-order valence-corrected chi connectivity index (χ1v) is 10.0. The van der Waals surface area contributed by atoms with E-state index in [2.05, 4.69) is 10.6 Å². The van der Waals surface area contributed by atoms with Crippen molar-refractivity contribution in [2.45, 2.75) is 50.3 Å². The highest BCUT2D eigenvalue weighted by Gasteiger charge is 2.48. The second-order valence-electron chi connectivity index (χ2n) is 8.03. The standard InChI is InChI=1S/C22H25FN4O3/c1-2-22(30)11-15(12-22)27-19(28)10-18(26-21(27)24)16-4-3-5-17(20(16)29)25-14-8-6-13(23)7-9-14/h3-9,15,18,25,29-30H,2,10-12H2,1H3,(H2,24,26)/t15-,18?,22-. The van der Waals surface area contributed by atoms with Gasteiger partial charge in [-0.25, -0.2) is 4.39 Å². The van der Waals surface area contributed by atoms with E-state index >= 15 is 0 Å². The van der Waals surface area contributed by atoms with Gasteiger partial charge in [0.1, 0.15) is 11.6 Å². The van der Waals surface area contributed by atoms with Crippen LogP contribution in [0.3, 0.4) is 0 Å². The maximum atomic E-state index is 13.1. The molecule has 7 nitrogen and oxygen atoms in total. The second-order valence-corrected chi connectivity index (χ2v) is 8.03. The number of guanidine groups is 1. The average molecular weight is 412 g/mol. The van der Waals surface area contributed by atoms with Crippen LogP contribution in [0, 0.1) is 11.2 Å². The van der Waals surface area contributed by atoms with Crippen LogP contribution in [-0.4, -0.2) is 38.6 Å². The Hall–Kier alpha value is -3.13. The van der Waals surface area contributed by atoms with Crippen LogP contribution < -0.4 is 10.6 Å². The van der Waals surface area contributed by atoms with Crippen LogP contribution in [0.5, 0.6) is 5.75 Å². The van der Waals surface area contributed by atoms with Crippen LogP contribution in [-0.2, 0) is 4.79 Å². The quantitative estimate of drug-likeness (QED) is 0.484. The number of phenols is 1. The number of nitrogens with one attached hydrogen (secondary N) is 3. The lowest BCUT2D eigenvalue weighted by Gasteiger charge is -2.50. The first-order valence-electron chi connectivity index (χ1n) is 10.0. The molecule has 5 N–H and O–H groups in total. The lowest BCUT2D eigenvalue weighted by atomic mass is 9.73. The molecule has 1 atom stereocenters. The number of hydrogen-bond donors (Lipinski definition) is 5. The van der Waals surface area contributed by atoms with Crippen LogP contribution in [0.1, 0.15) is 44.2 Å². The van der Waals surface area contributed by atoms with Gasteiger partial charge in [0.2, 0.25) is 5.91 Å². The van der Waals surface area contributed by atoms with Crippen molar-refractivity contribution in [1.82, 2.24) is 10.2 Å². The summed E-state index contributed by atoms with van der Waals surface area (Å²) < 4.78 is 13.1. The average Bonchev–Trinajstić information content (AvgIpc) is 2.69. The number of phenolic OH excluding ortho intramolecular Hbond substituents is 1. The fourth-order valence-electron chi connectivity index (χ4n) is 4.18. The summed E-state index contributed by atoms with van der Waals surface area (Å²) in [6.45, 7) is 1.91. The highest BCUT2D eigenvalue weighted by molar-refractivity contribution is 5.99. The SMILES string of the molecule is CC[C@]1(O)C[C@H](N2C(=N)NC(c3cccc(Nc4ccc(F)cc4)c3O)CC2=O)C1. The van der Waals surface area contributed by atoms with Crippen LogP contribution in [0.25, 0.3) is 0 Å². The number of carbonyl (C=O) groups is 1. The molecule has 158 valence electrons. The van der Waals surface area contributed by atoms with Crippen molar-refractivity contribution in [2.75, 3.05) is 5.32 Å². The minimum Gasteiger partial charge on any atom is -0.505 e. The summed E-state index contributed by atoms with van der Waals surface area (Å²) in [5.74, 6) is -0.605. The van der Waals surface area contributed by atoms with Gasteiger partial charge >= 0.3 is 0 Å². The van der Waals surface area contributed by atoms with Gasteiger partial charge in [0, 0.05) is 17.3 Å². The number of carbonyl (C=O) groups excluding carboxylic acids is 1. The van der Waals surface area contributed by atoms with E-state index in [1.54, 1.807) is 30.3 Å². The molecule has 1 aliphatic heterocycles. The highest BCUT2D eigenvalue weighted by atomic mass is 19.1. The van der Waals surface area contributed by atoms with Crippen molar-refractivity contribution in [2.24, 2.45) is 0 Å². The maximum absolute atomic E-state index is 13.1. The molecule has 0 aromatic heterocycles. The molecule has 1 heterocycles. The van der Waals surface area contributed by atoms with Gasteiger partial charge in [-0.3, -0.25) is 15.1 Å². The first-order chi connectivity index (χ1) is 14.3. The summed E-state index contributed by atoms with van der Waals surface area (Å²) in [5.41, 5.74) is 0.789. The summed E-state index contributed by atoms with van der Waals surface area (Å²) in [7, 11) is 0. The number of aliphatic hydroxyl groups is 1. The predicted molar refractivity (Wildman–Crippen MR) is 111 cm³/mol. The van der Waals surface area contributed by atoms with Gasteiger partial charge in [0.05, 0.1) is 23.8 Å². The first kappa shape index (κ1) is 20.2. The molecule has 0 bridgehead atoms. The van der Waals surface area contributed by atoms with E-state index in [0.29, 0.717) is 36.2 Å². The highest BCUT2D eigenvalue weighted by Crippen LogP contribution is 2.41. The van der Waals surface area contributed by atoms with Gasteiger partial charge in [0.15, 0.2) is 5.96 Å². The van der Waals surface area contributed by atoms with Crippen molar-refractivity contribution in [3.63, 3.8) is 0 Å². The number of para-hydroxylation sites is 1. The van der Waals surface area contributed by atoms with Crippen molar-refractivity contribution >= 4 is 23.2 Å². The number of aromatic hydroxyl groups is 1. The number of rotatable bonds is 5. The van der Waals surface area contributed by atoms with E-state index in [4.69, 9.17) is 5.41 Å². The lowest BCUT2D eigenvalue weighted by Crippen LogP contribution is -2.63. The minimum absolute atomic E-state index is 0.0179. The van der Waals surface area contributed by atoms with Crippen LogP contribution in [0.2, 0.25) is 0 Å². The summed E-state index contributed by atoms with van der Waals surface area (Å²) in [6.07, 6.45) is 1.65. The molecular weight excluding hydrogens is 387 g/mol. The van der Waals surface area contributed by atoms with E-state index in [9.17, 15) is 19.4 Å². The third-order valence-corrected chi connectivity index (χ3v) is 6.02. The number of halogens is 1. The Balaban J connectivity index is 1.49. The third-order valence-electron chi connectivity index (χ3n) is 6.02. The van der Waals surface area contributed by atoms with Gasteiger partial charge in [-0.15, -0.1) is 0 Å². The number of nitrogens with zero attached hydrogens (tertiary/aromatic N) is 1. The fourth-order valence-corrected chi connectivity index (χ4v) is 4.18. The van der Waals surface area contributed by atoms with Crippen molar-refractivity contribution < 1.29 is 19.4 Å². The molecule has 2 fully saturated rings. The number of benzene rings is 2. The van der Waals surface area contributed by atoms with Crippen LogP contribution in [0.4, 0.5) is 15.8 Å². The molecule has 2 aromatic carbocycles. The Morgan fingerprint density at radius 3 is 2.60 bits per heavy atom. The smallest absolute Gasteiger partial charge is 0.231 e. The molecule has 1 aliphatic carbocycles. The van der Waals surface area contributed by atoms with Crippen LogP contribution in [0.15, 0.2) is 42.5 Å². The van der Waals surface area contributed by atoms with Gasteiger partial charge in [-0.2, -0.15) is 0 Å². The van der Waals surface area contributed by atoms with E-state index in [1.807, 2.05) is 6.92 Å². The Morgan fingerprint density at radius 1 is 1.27 bits per heavy atom. The van der Waals surface area contributed by atoms with E-state index in [-0.39, 0.29) is 35.9 Å². The monoisotopic (exact) mass is 412 g/mol. The number of anilines is 2. The summed E-state index contributed by atoms with van der Waals surface area (Å²) in [4.78, 5) is 14.2. The lowest BCUT2D eigenvalue weighted by molar-refractivity contribution is -0.140. The van der Waals surface area contributed by atoms with E-state index in [0.717, 1.165) is 0 Å². The van der Waals surface area contributed by atoms with Gasteiger partial charge < -0.3 is 20.8 Å². The molecule has 2 aromatic rings. The zero-order valence-corrected chi connectivity index (χ0v) is 16.7. The number of amides is 1. The van der Waals surface area contributed by atoms with Gasteiger partial charge in [-0.05, 0) is 49.6 Å². The molecule has 1 unspecified atom stereocenters. The zero-order chi connectivity index (χ0) is 21.5. The Kier molecular flexibility index (Phi) is 5.11. The molecule has 4 rings (SSSR count). The molecule has 2 aliphatic rings. The Morgan fingerprint density at radius 2 is 1.97 bits per heavy atom. The molecule has 30 heavy (non-hydrogen) atoms. The molecule has 0 spiro atoms. The van der Waals surface area contributed by atoms with Crippen LogP contribution >= 0.6 is 0 Å². The molecule has 8 heteroatoms. The molecule has 0 radical (unpaired) electrons.